The zero-order chi connectivity index (χ0) is 31.2. The number of nitrogens with two attached hydrogens (primary N) is 1. The van der Waals surface area contributed by atoms with Crippen LogP contribution in [0.4, 0.5) is 10.7 Å². The number of imidazole rings is 1. The fourth-order valence-electron chi connectivity index (χ4n) is 5.37. The standard InChI is InChI=1S/C31H40N8O5/c1-20(6-5-13-43-28-24(17-34-37(28)3)26-16-23(29(40)42-4)14-21(2)35-26)18-39-27-15-22(7-8-25(27)36-30(39)32)19-44-31(41)38-11-9-33-10-12-38/h7-8,14-17,20,33H,5-6,9-13,18-19H2,1-4H3,(H2,32,36). The van der Waals surface area contributed by atoms with E-state index in [1.807, 2.05) is 36.7 Å². The molecule has 5 rings (SSSR count). The molecule has 44 heavy (non-hydrogen) atoms. The number of hydrogen-bond acceptors (Lipinski definition) is 10. The molecule has 234 valence electrons. The molecular weight excluding hydrogens is 564 g/mol. The van der Waals surface area contributed by atoms with Crippen molar-refractivity contribution in [1.29, 1.82) is 0 Å². The highest BCUT2D eigenvalue weighted by Crippen LogP contribution is 2.30. The molecule has 1 atom stereocenters. The molecule has 0 radical (unpaired) electrons. The third kappa shape index (κ3) is 7.10. The maximum absolute atomic E-state index is 12.4. The predicted octanol–water partition coefficient (Wildman–Crippen LogP) is 3.55. The summed E-state index contributed by atoms with van der Waals surface area (Å²) in [6.07, 6.45) is 3.09. The number of anilines is 1. The number of carbonyl (C=O) groups excluding carboxylic acids is 2. The van der Waals surface area contributed by atoms with Crippen molar-refractivity contribution in [2.45, 2.75) is 39.8 Å². The highest BCUT2D eigenvalue weighted by atomic mass is 16.6. The average molecular weight is 605 g/mol. The van der Waals surface area contributed by atoms with E-state index in [1.54, 1.807) is 27.9 Å². The van der Waals surface area contributed by atoms with Crippen molar-refractivity contribution in [2.24, 2.45) is 13.0 Å². The number of ether oxygens (including phenoxy) is 3. The number of amides is 1. The highest BCUT2D eigenvalue weighted by Gasteiger charge is 2.19. The Balaban J connectivity index is 1.17. The Morgan fingerprint density at radius 1 is 1.14 bits per heavy atom. The van der Waals surface area contributed by atoms with Crippen molar-refractivity contribution in [2.75, 3.05) is 45.6 Å². The third-order valence-corrected chi connectivity index (χ3v) is 7.69. The van der Waals surface area contributed by atoms with Crippen molar-refractivity contribution >= 4 is 29.0 Å². The third-order valence-electron chi connectivity index (χ3n) is 7.69. The molecule has 13 nitrogen and oxygen atoms in total. The van der Waals surface area contributed by atoms with Crippen LogP contribution in [0.15, 0.2) is 36.5 Å². The van der Waals surface area contributed by atoms with E-state index in [4.69, 9.17) is 19.9 Å². The number of nitrogen functional groups attached to an aromatic ring is 1. The quantitative estimate of drug-likeness (QED) is 0.192. The molecule has 1 saturated heterocycles. The SMILES string of the molecule is COC(=O)c1cc(C)nc(-c2cnn(C)c2OCCCC(C)Cn2c(N)nc3ccc(COC(=O)N4CCNCC4)cc32)c1. The summed E-state index contributed by atoms with van der Waals surface area (Å²) in [6, 6.07) is 9.20. The average Bonchev–Trinajstić information content (AvgIpc) is 3.55. The molecule has 3 N–H and O–H groups in total. The van der Waals surface area contributed by atoms with Gasteiger partial charge in [0.15, 0.2) is 0 Å². The predicted molar refractivity (Wildman–Crippen MR) is 165 cm³/mol. The lowest BCUT2D eigenvalue weighted by molar-refractivity contribution is 0.0600. The van der Waals surface area contributed by atoms with Crippen LogP contribution in [0.1, 0.15) is 41.4 Å². The van der Waals surface area contributed by atoms with Gasteiger partial charge in [0.1, 0.15) is 6.61 Å². The number of rotatable bonds is 11. The van der Waals surface area contributed by atoms with Crippen LogP contribution in [0.5, 0.6) is 5.88 Å². The van der Waals surface area contributed by atoms with Gasteiger partial charge in [0.05, 0.1) is 47.8 Å². The number of piperazine rings is 1. The summed E-state index contributed by atoms with van der Waals surface area (Å²) in [6.45, 7) is 8.21. The highest BCUT2D eigenvalue weighted by molar-refractivity contribution is 5.91. The molecule has 0 saturated carbocycles. The van der Waals surface area contributed by atoms with E-state index < -0.39 is 5.97 Å². The Labute approximate surface area is 256 Å². The molecule has 1 unspecified atom stereocenters. The van der Waals surface area contributed by atoms with Crippen LogP contribution in [0.3, 0.4) is 0 Å². The summed E-state index contributed by atoms with van der Waals surface area (Å²) < 4.78 is 20.3. The molecule has 0 aliphatic carbocycles. The zero-order valence-electron chi connectivity index (χ0n) is 25.7. The number of nitrogens with one attached hydrogen (secondary N) is 1. The van der Waals surface area contributed by atoms with Gasteiger partial charge in [0, 0.05) is 45.5 Å². The van der Waals surface area contributed by atoms with Gasteiger partial charge in [0.25, 0.3) is 0 Å². The smallest absolute Gasteiger partial charge is 0.410 e. The second kappa shape index (κ2) is 13.8. The molecule has 4 aromatic rings. The molecule has 1 aliphatic rings. The molecule has 1 aliphatic heterocycles. The fraction of sp³-hybridized carbons (Fsp3) is 0.452. The Bertz CT molecular complexity index is 1620. The maximum atomic E-state index is 12.4. The topological polar surface area (TPSA) is 152 Å². The van der Waals surface area contributed by atoms with Gasteiger partial charge in [-0.25, -0.2) is 19.3 Å². The number of fused-ring (bicyclic) bond motifs is 1. The maximum Gasteiger partial charge on any atom is 0.410 e. The second-order valence-electron chi connectivity index (χ2n) is 11.2. The van der Waals surface area contributed by atoms with E-state index in [9.17, 15) is 9.59 Å². The van der Waals surface area contributed by atoms with Gasteiger partial charge >= 0.3 is 12.1 Å². The number of carbonyl (C=O) groups is 2. The van der Waals surface area contributed by atoms with Gasteiger partial charge < -0.3 is 34.7 Å². The van der Waals surface area contributed by atoms with Crippen LogP contribution in [-0.2, 0) is 29.7 Å². The first-order chi connectivity index (χ1) is 21.2. The second-order valence-corrected chi connectivity index (χ2v) is 11.2. The van der Waals surface area contributed by atoms with Gasteiger partial charge in [0.2, 0.25) is 11.8 Å². The molecular formula is C31H40N8O5. The minimum atomic E-state index is -0.422. The number of hydrogen-bond donors (Lipinski definition) is 2. The van der Waals surface area contributed by atoms with E-state index >= 15 is 0 Å². The van der Waals surface area contributed by atoms with Crippen LogP contribution in [0, 0.1) is 12.8 Å². The number of aromatic nitrogens is 5. The van der Waals surface area contributed by atoms with Crippen LogP contribution in [-0.4, -0.2) is 81.2 Å². The minimum absolute atomic E-state index is 0.189. The number of esters is 1. The number of pyridine rings is 1. The summed E-state index contributed by atoms with van der Waals surface area (Å²) in [5.74, 6) is 0.907. The zero-order valence-corrected chi connectivity index (χ0v) is 25.7. The molecule has 0 bridgehead atoms. The summed E-state index contributed by atoms with van der Waals surface area (Å²) in [7, 11) is 3.17. The number of nitrogens with zero attached hydrogens (tertiary/aromatic N) is 6. The molecule has 1 aromatic carbocycles. The van der Waals surface area contributed by atoms with E-state index in [2.05, 4.69) is 27.3 Å². The van der Waals surface area contributed by atoms with Crippen molar-refractivity contribution in [3.05, 3.63) is 53.3 Å². The van der Waals surface area contributed by atoms with Gasteiger partial charge in [-0.05, 0) is 55.5 Å². The first kappa shape index (κ1) is 30.8. The number of benzene rings is 1. The van der Waals surface area contributed by atoms with Gasteiger partial charge in [-0.2, -0.15) is 5.10 Å². The number of aryl methyl sites for hydroxylation is 2. The molecule has 4 heterocycles. The first-order valence-electron chi connectivity index (χ1n) is 14.8. The van der Waals surface area contributed by atoms with E-state index in [0.29, 0.717) is 66.5 Å². The molecule has 0 spiro atoms. The lowest BCUT2D eigenvalue weighted by atomic mass is 10.1. The normalized spacial score (nSPS) is 14.0. The van der Waals surface area contributed by atoms with Gasteiger partial charge in [-0.1, -0.05) is 13.0 Å². The largest absolute Gasteiger partial charge is 0.477 e. The van der Waals surface area contributed by atoms with Crippen LogP contribution in [0.2, 0.25) is 0 Å². The molecule has 13 heteroatoms. The molecule has 3 aromatic heterocycles. The summed E-state index contributed by atoms with van der Waals surface area (Å²) in [4.78, 5) is 35.4. The van der Waals surface area contributed by atoms with E-state index in [0.717, 1.165) is 42.5 Å². The Morgan fingerprint density at radius 2 is 1.93 bits per heavy atom. The summed E-state index contributed by atoms with van der Waals surface area (Å²) >= 11 is 0. The monoisotopic (exact) mass is 604 g/mol. The van der Waals surface area contributed by atoms with Crippen LogP contribution >= 0.6 is 0 Å². The van der Waals surface area contributed by atoms with Crippen LogP contribution < -0.4 is 15.8 Å². The van der Waals surface area contributed by atoms with Crippen molar-refractivity contribution in [1.82, 2.24) is 34.5 Å². The first-order valence-corrected chi connectivity index (χ1v) is 14.8. The van der Waals surface area contributed by atoms with Crippen molar-refractivity contribution < 1.29 is 23.8 Å². The Kier molecular flexibility index (Phi) is 9.63. The Hall–Kier alpha value is -4.65. The van der Waals surface area contributed by atoms with E-state index in [-0.39, 0.29) is 12.7 Å². The number of methoxy groups -OCH3 is 1. The lowest BCUT2D eigenvalue weighted by Crippen LogP contribution is -2.46. The molecule has 1 fully saturated rings. The Morgan fingerprint density at radius 3 is 2.70 bits per heavy atom. The van der Waals surface area contributed by atoms with E-state index in [1.165, 1.54) is 7.11 Å². The lowest BCUT2D eigenvalue weighted by Gasteiger charge is -2.26. The fourth-order valence-corrected chi connectivity index (χ4v) is 5.37. The van der Waals surface area contributed by atoms with Gasteiger partial charge in [-0.3, -0.25) is 4.98 Å². The van der Waals surface area contributed by atoms with Gasteiger partial charge in [-0.15, -0.1) is 0 Å². The van der Waals surface area contributed by atoms with Crippen molar-refractivity contribution in [3.8, 4) is 17.1 Å². The van der Waals surface area contributed by atoms with Crippen LogP contribution in [0.25, 0.3) is 22.3 Å². The minimum Gasteiger partial charge on any atom is -0.477 e. The van der Waals surface area contributed by atoms with Crippen molar-refractivity contribution in [3.63, 3.8) is 0 Å². The molecule has 1 amide bonds. The summed E-state index contributed by atoms with van der Waals surface area (Å²) in [5.41, 5.74) is 11.3. The summed E-state index contributed by atoms with van der Waals surface area (Å²) in [5, 5.41) is 7.58.